The number of hydrogen-bond donors (Lipinski definition) is 1. The molecule has 3 rings (SSSR count). The van der Waals surface area contributed by atoms with Gasteiger partial charge in [-0.1, -0.05) is 0 Å². The fourth-order valence-electron chi connectivity index (χ4n) is 1.97. The van der Waals surface area contributed by atoms with Gasteiger partial charge in [-0.15, -0.1) is 11.3 Å². The third-order valence-electron chi connectivity index (χ3n) is 3.04. The number of anilines is 1. The lowest BCUT2D eigenvalue weighted by atomic mass is 10.3. The number of thiophene rings is 1. The summed E-state index contributed by atoms with van der Waals surface area (Å²) in [5.74, 6) is 3.05. The molecule has 2 heterocycles. The van der Waals surface area contributed by atoms with Gasteiger partial charge in [-0.2, -0.15) is 0 Å². The van der Waals surface area contributed by atoms with Gasteiger partial charge in [0.2, 0.25) is 0 Å². The van der Waals surface area contributed by atoms with E-state index < -0.39 is 0 Å². The summed E-state index contributed by atoms with van der Waals surface area (Å²) in [6.07, 6.45) is 0. The first-order chi connectivity index (χ1) is 10.3. The lowest BCUT2D eigenvalue weighted by Gasteiger charge is -2.08. The van der Waals surface area contributed by atoms with E-state index in [4.69, 9.17) is 9.47 Å². The van der Waals surface area contributed by atoms with Crippen molar-refractivity contribution in [1.29, 1.82) is 0 Å². The van der Waals surface area contributed by atoms with Crippen LogP contribution < -0.4 is 14.8 Å². The number of nitrogens with one attached hydrogen (secondary N) is 1. The standard InChI is InChI=1S/C15H15N3O2S/c1-16-14-12-7-8-21-15(12)18-13(17-14)9-20-11-5-3-10(19-2)4-6-11/h3-8H,9H2,1-2H3,(H,16,17,18). The van der Waals surface area contributed by atoms with Crippen molar-refractivity contribution in [3.8, 4) is 11.5 Å². The Bertz CT molecular complexity index is 740. The first-order valence-electron chi connectivity index (χ1n) is 6.49. The molecule has 0 bridgehead atoms. The summed E-state index contributed by atoms with van der Waals surface area (Å²) < 4.78 is 10.8. The van der Waals surface area contributed by atoms with Crippen molar-refractivity contribution in [1.82, 2.24) is 9.97 Å². The summed E-state index contributed by atoms with van der Waals surface area (Å²) in [4.78, 5) is 9.95. The minimum absolute atomic E-state index is 0.328. The molecule has 0 saturated carbocycles. The van der Waals surface area contributed by atoms with Gasteiger partial charge >= 0.3 is 0 Å². The molecule has 0 atom stereocenters. The van der Waals surface area contributed by atoms with E-state index >= 15 is 0 Å². The number of methoxy groups -OCH3 is 1. The Morgan fingerprint density at radius 1 is 1.10 bits per heavy atom. The first kappa shape index (κ1) is 13.6. The van der Waals surface area contributed by atoms with E-state index in [0.29, 0.717) is 12.4 Å². The highest BCUT2D eigenvalue weighted by atomic mass is 32.1. The molecule has 1 aromatic carbocycles. The molecule has 21 heavy (non-hydrogen) atoms. The van der Waals surface area contributed by atoms with Gasteiger partial charge in [0.05, 0.1) is 12.5 Å². The molecule has 0 saturated heterocycles. The van der Waals surface area contributed by atoms with Crippen molar-refractivity contribution in [2.45, 2.75) is 6.61 Å². The molecular formula is C15H15N3O2S. The molecule has 0 aliphatic rings. The van der Waals surface area contributed by atoms with Crippen molar-refractivity contribution in [3.05, 3.63) is 41.5 Å². The Morgan fingerprint density at radius 3 is 2.57 bits per heavy atom. The lowest BCUT2D eigenvalue weighted by Crippen LogP contribution is -2.04. The van der Waals surface area contributed by atoms with Crippen LogP contribution in [0.15, 0.2) is 35.7 Å². The Hall–Kier alpha value is -2.34. The molecule has 108 valence electrons. The number of ether oxygens (including phenoxy) is 2. The largest absolute Gasteiger partial charge is 0.497 e. The van der Waals surface area contributed by atoms with Gasteiger partial charge in [-0.3, -0.25) is 0 Å². The summed E-state index contributed by atoms with van der Waals surface area (Å²) in [5.41, 5.74) is 0. The number of nitrogens with zero attached hydrogens (tertiary/aromatic N) is 2. The minimum Gasteiger partial charge on any atom is -0.497 e. The normalized spacial score (nSPS) is 10.6. The maximum Gasteiger partial charge on any atom is 0.169 e. The summed E-state index contributed by atoms with van der Waals surface area (Å²) in [6, 6.07) is 9.46. The highest BCUT2D eigenvalue weighted by Gasteiger charge is 2.08. The Morgan fingerprint density at radius 2 is 1.86 bits per heavy atom. The second kappa shape index (κ2) is 5.97. The zero-order valence-corrected chi connectivity index (χ0v) is 12.6. The van der Waals surface area contributed by atoms with Crippen LogP contribution in [-0.2, 0) is 6.61 Å². The van der Waals surface area contributed by atoms with Crippen molar-refractivity contribution in [2.24, 2.45) is 0 Å². The van der Waals surface area contributed by atoms with E-state index in [-0.39, 0.29) is 0 Å². The average molecular weight is 301 g/mol. The summed E-state index contributed by atoms with van der Waals surface area (Å²) in [5, 5.41) is 6.14. The van der Waals surface area contributed by atoms with Crippen LogP contribution in [0.2, 0.25) is 0 Å². The van der Waals surface area contributed by atoms with Crippen LogP contribution in [0.1, 0.15) is 5.82 Å². The first-order valence-corrected chi connectivity index (χ1v) is 7.37. The molecule has 0 fully saturated rings. The van der Waals surface area contributed by atoms with Gasteiger partial charge in [0.25, 0.3) is 0 Å². The Kier molecular flexibility index (Phi) is 3.87. The van der Waals surface area contributed by atoms with Crippen LogP contribution in [-0.4, -0.2) is 24.1 Å². The maximum atomic E-state index is 5.71. The van der Waals surface area contributed by atoms with Crippen LogP contribution >= 0.6 is 11.3 Å². The zero-order chi connectivity index (χ0) is 14.7. The van der Waals surface area contributed by atoms with Gasteiger partial charge in [0.1, 0.15) is 28.8 Å². The number of rotatable bonds is 5. The molecule has 0 spiro atoms. The highest BCUT2D eigenvalue weighted by Crippen LogP contribution is 2.25. The Balaban J connectivity index is 1.77. The van der Waals surface area contributed by atoms with Crippen LogP contribution in [0.4, 0.5) is 5.82 Å². The fourth-order valence-corrected chi connectivity index (χ4v) is 2.76. The highest BCUT2D eigenvalue weighted by molar-refractivity contribution is 7.16. The molecule has 2 aromatic heterocycles. The van der Waals surface area contributed by atoms with Gasteiger partial charge in [0, 0.05) is 7.05 Å². The second-order valence-corrected chi connectivity index (χ2v) is 5.24. The van der Waals surface area contributed by atoms with Crippen LogP contribution in [0.5, 0.6) is 11.5 Å². The van der Waals surface area contributed by atoms with E-state index in [9.17, 15) is 0 Å². The monoisotopic (exact) mass is 301 g/mol. The molecule has 5 nitrogen and oxygen atoms in total. The van der Waals surface area contributed by atoms with Crippen molar-refractivity contribution in [3.63, 3.8) is 0 Å². The molecule has 0 unspecified atom stereocenters. The fraction of sp³-hybridized carbons (Fsp3) is 0.200. The Labute approximate surface area is 126 Å². The number of aromatic nitrogens is 2. The second-order valence-electron chi connectivity index (χ2n) is 4.34. The zero-order valence-electron chi connectivity index (χ0n) is 11.8. The molecular weight excluding hydrogens is 286 g/mol. The van der Waals surface area contributed by atoms with Crippen LogP contribution in [0, 0.1) is 0 Å². The van der Waals surface area contributed by atoms with Gasteiger partial charge in [-0.05, 0) is 35.7 Å². The van der Waals surface area contributed by atoms with Crippen molar-refractivity contribution < 1.29 is 9.47 Å². The van der Waals surface area contributed by atoms with E-state index in [1.54, 1.807) is 18.4 Å². The molecule has 6 heteroatoms. The minimum atomic E-state index is 0.328. The molecule has 3 aromatic rings. The van der Waals surface area contributed by atoms with Crippen LogP contribution in [0.3, 0.4) is 0 Å². The van der Waals surface area contributed by atoms with Gasteiger partial charge in [-0.25, -0.2) is 9.97 Å². The summed E-state index contributed by atoms with van der Waals surface area (Å²) in [6.45, 7) is 0.328. The molecule has 0 amide bonds. The van der Waals surface area contributed by atoms with Gasteiger partial charge in [0.15, 0.2) is 5.82 Å². The third-order valence-corrected chi connectivity index (χ3v) is 3.84. The molecule has 0 aliphatic carbocycles. The molecule has 1 N–H and O–H groups in total. The average Bonchev–Trinajstić information content (AvgIpc) is 3.01. The lowest BCUT2D eigenvalue weighted by molar-refractivity contribution is 0.296. The smallest absolute Gasteiger partial charge is 0.169 e. The molecule has 0 radical (unpaired) electrons. The molecule has 0 aliphatic heterocycles. The van der Waals surface area contributed by atoms with E-state index in [1.807, 2.05) is 42.8 Å². The van der Waals surface area contributed by atoms with E-state index in [2.05, 4.69) is 15.3 Å². The van der Waals surface area contributed by atoms with E-state index in [1.165, 1.54) is 0 Å². The number of fused-ring (bicyclic) bond motifs is 1. The van der Waals surface area contributed by atoms with Crippen molar-refractivity contribution in [2.75, 3.05) is 19.5 Å². The summed E-state index contributed by atoms with van der Waals surface area (Å²) in [7, 11) is 3.49. The number of benzene rings is 1. The maximum absolute atomic E-state index is 5.71. The SMILES string of the molecule is CNc1nc(COc2ccc(OC)cc2)nc2sccc12. The predicted octanol–water partition coefficient (Wildman–Crippen LogP) is 3.32. The number of hydrogen-bond acceptors (Lipinski definition) is 6. The van der Waals surface area contributed by atoms with Crippen molar-refractivity contribution >= 4 is 27.4 Å². The van der Waals surface area contributed by atoms with Crippen LogP contribution in [0.25, 0.3) is 10.2 Å². The predicted molar refractivity (Wildman–Crippen MR) is 84.3 cm³/mol. The summed E-state index contributed by atoms with van der Waals surface area (Å²) >= 11 is 1.59. The van der Waals surface area contributed by atoms with E-state index in [0.717, 1.165) is 27.5 Å². The quantitative estimate of drug-likeness (QED) is 0.783. The third kappa shape index (κ3) is 2.90. The van der Waals surface area contributed by atoms with Gasteiger partial charge < -0.3 is 14.8 Å². The topological polar surface area (TPSA) is 56.3 Å².